The minimum absolute atomic E-state index is 0.0926. The third-order valence-electron chi connectivity index (χ3n) is 12.1. The van der Waals surface area contributed by atoms with Gasteiger partial charge in [0.05, 0.1) is 46.2 Å². The minimum Gasteiger partial charge on any atom is -0.374 e. The van der Waals surface area contributed by atoms with E-state index in [0.29, 0.717) is 13.2 Å². The first-order valence-electron chi connectivity index (χ1n) is 24.3. The SMILES string of the molecule is CC(=O)N[C@H]1[C@H](OC[C@H]2O[C@H](OCC[Si](C)(C)C)[C@H](NC(C)=O)[C@@H](OCc3ccccc3)[C@H]2OCc2ccccc2)O[C@H](COCc2ccccc2)[C@H](OCc2ccccc2)[C@@H]1OCc1ccccc1. The molecule has 2 heterocycles. The number of carbonyl (C=O) groups is 2. The summed E-state index contributed by atoms with van der Waals surface area (Å²) in [7, 11) is -1.55. The Kier molecular flexibility index (Phi) is 20.3. The van der Waals surface area contributed by atoms with Crippen LogP contribution in [0.2, 0.25) is 25.7 Å². The summed E-state index contributed by atoms with van der Waals surface area (Å²) in [5.41, 5.74) is 4.78. The molecule has 5 aromatic carbocycles. The smallest absolute Gasteiger partial charge is 0.217 e. The van der Waals surface area contributed by atoms with Gasteiger partial charge in [-0.05, 0) is 33.9 Å². The lowest BCUT2D eigenvalue weighted by molar-refractivity contribution is -0.318. The van der Waals surface area contributed by atoms with Crippen LogP contribution in [0.4, 0.5) is 0 Å². The summed E-state index contributed by atoms with van der Waals surface area (Å²) in [6.07, 6.45) is -6.62. The molecule has 10 atom stereocenters. The first-order chi connectivity index (χ1) is 34.0. The fourth-order valence-corrected chi connectivity index (χ4v) is 9.27. The molecule has 2 saturated heterocycles. The summed E-state index contributed by atoms with van der Waals surface area (Å²) in [6.45, 7) is 11.5. The molecule has 0 unspecified atom stereocenters. The van der Waals surface area contributed by atoms with Gasteiger partial charge < -0.3 is 53.3 Å². The van der Waals surface area contributed by atoms with Crippen LogP contribution in [0.1, 0.15) is 41.7 Å². The van der Waals surface area contributed by atoms with Crippen LogP contribution in [-0.4, -0.2) is 101 Å². The molecule has 2 aliphatic heterocycles. The molecular formula is C56H70N2O11Si. The van der Waals surface area contributed by atoms with Crippen LogP contribution in [0, 0.1) is 0 Å². The van der Waals surface area contributed by atoms with Gasteiger partial charge in [0, 0.05) is 28.5 Å². The Morgan fingerprint density at radius 3 is 1.13 bits per heavy atom. The van der Waals surface area contributed by atoms with Crippen molar-refractivity contribution < 1.29 is 52.2 Å². The summed E-state index contributed by atoms with van der Waals surface area (Å²) in [6, 6.07) is 48.6. The van der Waals surface area contributed by atoms with E-state index in [-0.39, 0.29) is 51.5 Å². The van der Waals surface area contributed by atoms with Gasteiger partial charge >= 0.3 is 0 Å². The molecule has 70 heavy (non-hydrogen) atoms. The average molecular weight is 975 g/mol. The Morgan fingerprint density at radius 1 is 0.443 bits per heavy atom. The van der Waals surface area contributed by atoms with Crippen LogP contribution in [0.3, 0.4) is 0 Å². The van der Waals surface area contributed by atoms with E-state index in [9.17, 15) is 9.59 Å². The molecule has 2 aliphatic rings. The van der Waals surface area contributed by atoms with Crippen LogP contribution >= 0.6 is 0 Å². The molecule has 2 fully saturated rings. The maximum Gasteiger partial charge on any atom is 0.217 e. The Hall–Kier alpha value is -5.10. The Labute approximate surface area is 414 Å². The summed E-state index contributed by atoms with van der Waals surface area (Å²) < 4.78 is 61.1. The monoisotopic (exact) mass is 974 g/mol. The van der Waals surface area contributed by atoms with Crippen molar-refractivity contribution in [2.45, 2.75) is 134 Å². The van der Waals surface area contributed by atoms with Gasteiger partial charge in [0.1, 0.15) is 48.7 Å². The molecule has 5 aromatic rings. The highest BCUT2D eigenvalue weighted by Crippen LogP contribution is 2.33. The predicted molar refractivity (Wildman–Crippen MR) is 269 cm³/mol. The summed E-state index contributed by atoms with van der Waals surface area (Å²) in [4.78, 5) is 26.3. The molecule has 0 aromatic heterocycles. The number of ether oxygens (including phenoxy) is 9. The van der Waals surface area contributed by atoms with Gasteiger partial charge in [0.15, 0.2) is 12.6 Å². The zero-order valence-electron chi connectivity index (χ0n) is 41.1. The van der Waals surface area contributed by atoms with Crippen molar-refractivity contribution in [2.75, 3.05) is 19.8 Å². The van der Waals surface area contributed by atoms with Gasteiger partial charge in [0.25, 0.3) is 0 Å². The largest absolute Gasteiger partial charge is 0.374 e. The third kappa shape index (κ3) is 16.5. The zero-order chi connectivity index (χ0) is 49.1. The maximum absolute atomic E-state index is 13.3. The Bertz CT molecular complexity index is 2280. The molecule has 0 radical (unpaired) electrons. The van der Waals surface area contributed by atoms with Gasteiger partial charge in [-0.2, -0.15) is 0 Å². The molecule has 14 heteroatoms. The van der Waals surface area contributed by atoms with Crippen molar-refractivity contribution in [1.82, 2.24) is 10.6 Å². The van der Waals surface area contributed by atoms with Crippen molar-refractivity contribution in [2.24, 2.45) is 0 Å². The maximum atomic E-state index is 13.3. The number of rotatable bonds is 25. The van der Waals surface area contributed by atoms with Gasteiger partial charge in [-0.1, -0.05) is 171 Å². The lowest BCUT2D eigenvalue weighted by Crippen LogP contribution is -2.68. The molecular weight excluding hydrogens is 905 g/mol. The minimum atomic E-state index is -1.55. The normalized spacial score (nSPS) is 24.7. The summed E-state index contributed by atoms with van der Waals surface area (Å²) >= 11 is 0. The molecule has 2 N–H and O–H groups in total. The van der Waals surface area contributed by atoms with E-state index >= 15 is 0 Å². The summed E-state index contributed by atoms with van der Waals surface area (Å²) in [5, 5.41) is 6.23. The first kappa shape index (κ1) is 52.7. The van der Waals surface area contributed by atoms with E-state index in [2.05, 4.69) is 30.3 Å². The number of benzene rings is 5. The second kappa shape index (κ2) is 26.9. The highest BCUT2D eigenvalue weighted by Gasteiger charge is 2.52. The topological polar surface area (TPSA) is 141 Å². The fourth-order valence-electron chi connectivity index (χ4n) is 8.54. The molecule has 0 aliphatic carbocycles. The van der Waals surface area contributed by atoms with E-state index in [1.165, 1.54) is 13.8 Å². The van der Waals surface area contributed by atoms with Gasteiger partial charge in [0.2, 0.25) is 11.8 Å². The highest BCUT2D eigenvalue weighted by atomic mass is 28.3. The van der Waals surface area contributed by atoms with E-state index < -0.39 is 69.4 Å². The molecule has 0 saturated carbocycles. The van der Waals surface area contributed by atoms with Crippen LogP contribution < -0.4 is 10.6 Å². The highest BCUT2D eigenvalue weighted by molar-refractivity contribution is 6.76. The molecule has 374 valence electrons. The number of hydrogen-bond donors (Lipinski definition) is 2. The van der Waals surface area contributed by atoms with Crippen molar-refractivity contribution in [1.29, 1.82) is 0 Å². The quantitative estimate of drug-likeness (QED) is 0.0546. The molecule has 13 nitrogen and oxygen atoms in total. The van der Waals surface area contributed by atoms with Crippen LogP contribution in [0.5, 0.6) is 0 Å². The molecule has 0 bridgehead atoms. The van der Waals surface area contributed by atoms with Crippen LogP contribution in [0.15, 0.2) is 152 Å². The summed E-state index contributed by atoms with van der Waals surface area (Å²) in [5.74, 6) is -0.574. The second-order valence-electron chi connectivity index (χ2n) is 19.1. The second-order valence-corrected chi connectivity index (χ2v) is 24.7. The van der Waals surface area contributed by atoms with Crippen molar-refractivity contribution >= 4 is 19.9 Å². The van der Waals surface area contributed by atoms with Crippen molar-refractivity contribution in [3.8, 4) is 0 Å². The number of hydrogen-bond acceptors (Lipinski definition) is 11. The van der Waals surface area contributed by atoms with E-state index in [0.717, 1.165) is 33.9 Å². The van der Waals surface area contributed by atoms with Gasteiger partial charge in [-0.25, -0.2) is 0 Å². The molecule has 0 spiro atoms. The zero-order valence-corrected chi connectivity index (χ0v) is 42.1. The Morgan fingerprint density at radius 2 is 0.771 bits per heavy atom. The first-order valence-corrected chi connectivity index (χ1v) is 28.0. The molecule has 7 rings (SSSR count). The van der Waals surface area contributed by atoms with E-state index in [1.54, 1.807) is 0 Å². The Balaban J connectivity index is 1.23. The van der Waals surface area contributed by atoms with E-state index in [1.807, 2.05) is 152 Å². The lowest BCUT2D eigenvalue weighted by Gasteiger charge is -2.48. The van der Waals surface area contributed by atoms with Crippen LogP contribution in [-0.2, 0) is 85.3 Å². The van der Waals surface area contributed by atoms with Crippen molar-refractivity contribution in [3.05, 3.63) is 179 Å². The standard InChI is InChI=1S/C56H70N2O11Si/c1-40(59)57-49-53(65-36-45-27-17-9-18-28-45)52(64-35-44-25-15-8-16-26-44)48(69-55(49)62-31-32-70(3,4)5)39-67-56-50(58-41(2)60)54(66-37-46-29-19-10-20-30-46)51(63-34-43-23-13-7-14-24-43)47(68-56)38-61-33-42-21-11-6-12-22-42/h6-30,47-56H,31-39H2,1-5H3,(H,57,59)(H,58,60)/t47-,48-,49-,50-,51+,52+,53-,54-,55+,56-/m1/s1. The fraction of sp³-hybridized carbons (Fsp3) is 0.429. The third-order valence-corrected chi connectivity index (χ3v) is 13.8. The van der Waals surface area contributed by atoms with E-state index in [4.69, 9.17) is 42.6 Å². The predicted octanol–water partition coefficient (Wildman–Crippen LogP) is 8.38. The number of nitrogens with one attached hydrogen (secondary N) is 2. The van der Waals surface area contributed by atoms with Gasteiger partial charge in [-0.15, -0.1) is 0 Å². The lowest BCUT2D eigenvalue weighted by atomic mass is 9.95. The van der Waals surface area contributed by atoms with Gasteiger partial charge in [-0.3, -0.25) is 9.59 Å². The van der Waals surface area contributed by atoms with Crippen molar-refractivity contribution in [3.63, 3.8) is 0 Å². The molecule has 2 amide bonds. The average Bonchev–Trinajstić information content (AvgIpc) is 3.35. The number of amides is 2. The van der Waals surface area contributed by atoms with Crippen LogP contribution in [0.25, 0.3) is 0 Å². The number of carbonyl (C=O) groups excluding carboxylic acids is 2.